The number of aromatic nitrogens is 2. The van der Waals surface area contributed by atoms with E-state index in [0.29, 0.717) is 18.0 Å². The van der Waals surface area contributed by atoms with Gasteiger partial charge in [0.05, 0.1) is 6.04 Å². The lowest BCUT2D eigenvalue weighted by molar-refractivity contribution is 0.00781. The molecule has 6 heteroatoms. The molecule has 2 bridgehead atoms. The van der Waals surface area contributed by atoms with Gasteiger partial charge in [0.2, 0.25) is 5.89 Å². The standard InChI is InChI=1S/C15H25N5O/c16-12-4-2-1-3-11(12)9-14-17-15(18-21-14)13-10-19-5-7-20(13)8-6-19/h11-13H,1-10,16H2. The second-order valence-corrected chi connectivity index (χ2v) is 6.81. The third-order valence-corrected chi connectivity index (χ3v) is 5.47. The SMILES string of the molecule is NC1CCCCC1Cc1nc(C2CN3CCN2CC3)no1. The molecule has 0 radical (unpaired) electrons. The van der Waals surface area contributed by atoms with Crippen molar-refractivity contribution in [3.05, 3.63) is 11.7 Å². The molecule has 0 spiro atoms. The Kier molecular flexibility index (Phi) is 3.69. The van der Waals surface area contributed by atoms with Gasteiger partial charge in [-0.25, -0.2) is 0 Å². The van der Waals surface area contributed by atoms with Gasteiger partial charge in [0.1, 0.15) is 0 Å². The molecule has 3 saturated heterocycles. The number of piperazine rings is 3. The van der Waals surface area contributed by atoms with Crippen molar-refractivity contribution < 1.29 is 4.52 Å². The summed E-state index contributed by atoms with van der Waals surface area (Å²) in [5.41, 5.74) is 6.22. The molecular formula is C15H25N5O. The van der Waals surface area contributed by atoms with Gasteiger partial charge in [-0.2, -0.15) is 4.98 Å². The summed E-state index contributed by atoms with van der Waals surface area (Å²) in [5, 5.41) is 4.25. The van der Waals surface area contributed by atoms with E-state index in [1.807, 2.05) is 0 Å². The van der Waals surface area contributed by atoms with E-state index in [2.05, 4.69) is 19.9 Å². The van der Waals surface area contributed by atoms with Crippen LogP contribution in [0.2, 0.25) is 0 Å². The number of fused-ring (bicyclic) bond motifs is 3. The molecule has 21 heavy (non-hydrogen) atoms. The van der Waals surface area contributed by atoms with Gasteiger partial charge in [-0.1, -0.05) is 18.0 Å². The first-order valence-corrected chi connectivity index (χ1v) is 8.34. The molecule has 4 aliphatic rings. The predicted octanol–water partition coefficient (Wildman–Crippen LogP) is 0.802. The minimum atomic E-state index is 0.301. The lowest BCUT2D eigenvalue weighted by Crippen LogP contribution is -2.57. The Hall–Kier alpha value is -0.980. The van der Waals surface area contributed by atoms with Crippen LogP contribution in [0.1, 0.15) is 43.4 Å². The van der Waals surface area contributed by atoms with Gasteiger partial charge < -0.3 is 10.3 Å². The van der Waals surface area contributed by atoms with E-state index in [1.165, 1.54) is 32.4 Å². The molecule has 3 unspecified atom stereocenters. The number of rotatable bonds is 3. The van der Waals surface area contributed by atoms with Crippen LogP contribution in [0, 0.1) is 5.92 Å². The quantitative estimate of drug-likeness (QED) is 0.888. The van der Waals surface area contributed by atoms with Crippen LogP contribution in [0.25, 0.3) is 0 Å². The van der Waals surface area contributed by atoms with Crippen LogP contribution in [0.15, 0.2) is 4.52 Å². The van der Waals surface area contributed by atoms with Gasteiger partial charge in [0, 0.05) is 45.2 Å². The summed E-state index contributed by atoms with van der Waals surface area (Å²) in [7, 11) is 0. The summed E-state index contributed by atoms with van der Waals surface area (Å²) in [6, 6.07) is 0.625. The van der Waals surface area contributed by atoms with Crippen molar-refractivity contribution in [3.8, 4) is 0 Å². The molecule has 1 aromatic rings. The summed E-state index contributed by atoms with van der Waals surface area (Å²) in [6.07, 6.45) is 5.73. The molecule has 1 saturated carbocycles. The zero-order valence-electron chi connectivity index (χ0n) is 12.6. The molecule has 0 amide bonds. The highest BCUT2D eigenvalue weighted by Crippen LogP contribution is 2.29. The molecule has 1 aromatic heterocycles. The van der Waals surface area contributed by atoms with Crippen LogP contribution in [-0.2, 0) is 6.42 Å². The third-order valence-electron chi connectivity index (χ3n) is 5.47. The summed E-state index contributed by atoms with van der Waals surface area (Å²) in [5.74, 6) is 2.17. The van der Waals surface area contributed by atoms with Crippen LogP contribution in [0.5, 0.6) is 0 Å². The fourth-order valence-electron chi connectivity index (χ4n) is 4.06. The minimum Gasteiger partial charge on any atom is -0.339 e. The van der Waals surface area contributed by atoms with Gasteiger partial charge in [0.15, 0.2) is 5.82 Å². The molecule has 5 rings (SSSR count). The number of hydrogen-bond acceptors (Lipinski definition) is 6. The molecule has 2 N–H and O–H groups in total. The monoisotopic (exact) mass is 291 g/mol. The highest BCUT2D eigenvalue weighted by Gasteiger charge is 2.35. The van der Waals surface area contributed by atoms with Crippen molar-refractivity contribution in [2.45, 2.75) is 44.2 Å². The molecule has 3 atom stereocenters. The van der Waals surface area contributed by atoms with Gasteiger partial charge in [-0.15, -0.1) is 0 Å². The Morgan fingerprint density at radius 3 is 2.67 bits per heavy atom. The molecule has 3 aliphatic heterocycles. The molecule has 6 nitrogen and oxygen atoms in total. The highest BCUT2D eigenvalue weighted by molar-refractivity contribution is 5.02. The highest BCUT2D eigenvalue weighted by atomic mass is 16.5. The van der Waals surface area contributed by atoms with Crippen molar-refractivity contribution in [2.75, 3.05) is 32.7 Å². The number of nitrogens with two attached hydrogens (primary N) is 1. The fraction of sp³-hybridized carbons (Fsp3) is 0.867. The van der Waals surface area contributed by atoms with Gasteiger partial charge >= 0.3 is 0 Å². The van der Waals surface area contributed by atoms with Crippen LogP contribution in [0.3, 0.4) is 0 Å². The average Bonchev–Trinajstić information content (AvgIpc) is 2.99. The maximum Gasteiger partial charge on any atom is 0.227 e. The van der Waals surface area contributed by atoms with E-state index in [-0.39, 0.29) is 0 Å². The van der Waals surface area contributed by atoms with Crippen LogP contribution in [-0.4, -0.2) is 58.7 Å². The van der Waals surface area contributed by atoms with Gasteiger partial charge in [0.25, 0.3) is 0 Å². The van der Waals surface area contributed by atoms with Crippen molar-refractivity contribution in [1.82, 2.24) is 19.9 Å². The second kappa shape index (κ2) is 5.66. The summed E-state index contributed by atoms with van der Waals surface area (Å²) >= 11 is 0. The first-order valence-electron chi connectivity index (χ1n) is 8.34. The van der Waals surface area contributed by atoms with Gasteiger partial charge in [-0.3, -0.25) is 9.80 Å². The molecular weight excluding hydrogens is 266 g/mol. The van der Waals surface area contributed by atoms with E-state index in [1.54, 1.807) is 0 Å². The number of nitrogens with zero attached hydrogens (tertiary/aromatic N) is 4. The maximum atomic E-state index is 6.22. The van der Waals surface area contributed by atoms with Crippen LogP contribution in [0.4, 0.5) is 0 Å². The Bertz CT molecular complexity index is 482. The predicted molar refractivity (Wildman–Crippen MR) is 78.7 cm³/mol. The largest absolute Gasteiger partial charge is 0.339 e. The molecule has 4 heterocycles. The van der Waals surface area contributed by atoms with E-state index < -0.39 is 0 Å². The van der Waals surface area contributed by atoms with Crippen LogP contribution < -0.4 is 5.73 Å². The van der Waals surface area contributed by atoms with Crippen molar-refractivity contribution in [1.29, 1.82) is 0 Å². The van der Waals surface area contributed by atoms with E-state index in [4.69, 9.17) is 10.3 Å². The lowest BCUT2D eigenvalue weighted by Gasteiger charge is -2.46. The molecule has 116 valence electrons. The second-order valence-electron chi connectivity index (χ2n) is 6.81. The first-order chi connectivity index (χ1) is 10.3. The smallest absolute Gasteiger partial charge is 0.227 e. The summed E-state index contributed by atoms with van der Waals surface area (Å²) < 4.78 is 5.51. The Labute approximate surface area is 125 Å². The van der Waals surface area contributed by atoms with Crippen molar-refractivity contribution in [2.24, 2.45) is 11.7 Å². The minimum absolute atomic E-state index is 0.301. The summed E-state index contributed by atoms with van der Waals surface area (Å²) in [4.78, 5) is 9.66. The lowest BCUT2D eigenvalue weighted by atomic mass is 9.83. The summed E-state index contributed by atoms with van der Waals surface area (Å²) in [6.45, 7) is 5.66. The number of hydrogen-bond donors (Lipinski definition) is 1. The van der Waals surface area contributed by atoms with E-state index >= 15 is 0 Å². The van der Waals surface area contributed by atoms with E-state index in [9.17, 15) is 0 Å². The zero-order chi connectivity index (χ0) is 14.2. The van der Waals surface area contributed by atoms with Gasteiger partial charge in [-0.05, 0) is 18.8 Å². The first kappa shape index (κ1) is 13.7. The normalized spacial score (nSPS) is 39.6. The average molecular weight is 291 g/mol. The molecule has 0 aromatic carbocycles. The molecule has 4 fully saturated rings. The fourth-order valence-corrected chi connectivity index (χ4v) is 4.06. The van der Waals surface area contributed by atoms with Crippen molar-refractivity contribution >= 4 is 0 Å². The van der Waals surface area contributed by atoms with Crippen molar-refractivity contribution in [3.63, 3.8) is 0 Å². The maximum absolute atomic E-state index is 6.22. The Balaban J connectivity index is 1.43. The van der Waals surface area contributed by atoms with Crippen LogP contribution >= 0.6 is 0 Å². The molecule has 1 aliphatic carbocycles. The Morgan fingerprint density at radius 1 is 1.14 bits per heavy atom. The Morgan fingerprint density at radius 2 is 1.95 bits per heavy atom. The third kappa shape index (κ3) is 2.72. The topological polar surface area (TPSA) is 71.4 Å². The zero-order valence-corrected chi connectivity index (χ0v) is 12.6. The van der Waals surface area contributed by atoms with E-state index in [0.717, 1.165) is 44.2 Å².